The Kier molecular flexibility index (Phi) is 4.22. The van der Waals surface area contributed by atoms with E-state index in [1.807, 2.05) is 0 Å². The van der Waals surface area contributed by atoms with Crippen molar-refractivity contribution < 1.29 is 4.79 Å². The highest BCUT2D eigenvalue weighted by atomic mass is 16.2. The van der Waals surface area contributed by atoms with Crippen molar-refractivity contribution in [2.24, 2.45) is 11.8 Å². The van der Waals surface area contributed by atoms with Crippen molar-refractivity contribution in [1.29, 1.82) is 0 Å². The molecular weight excluding hydrogens is 200 g/mol. The van der Waals surface area contributed by atoms with Crippen LogP contribution in [0.2, 0.25) is 0 Å². The molecule has 2 rings (SSSR count). The molecule has 2 aliphatic heterocycles. The molecule has 2 atom stereocenters. The van der Waals surface area contributed by atoms with Crippen LogP contribution in [0.4, 0.5) is 0 Å². The van der Waals surface area contributed by atoms with E-state index >= 15 is 0 Å². The Morgan fingerprint density at radius 3 is 3.00 bits per heavy atom. The second-order valence-electron chi connectivity index (χ2n) is 5.27. The first-order chi connectivity index (χ1) is 7.81. The van der Waals surface area contributed by atoms with Gasteiger partial charge in [0.1, 0.15) is 0 Å². The quantitative estimate of drug-likeness (QED) is 0.790. The number of nitrogens with one attached hydrogen (secondary N) is 1. The lowest BCUT2D eigenvalue weighted by atomic mass is 9.92. The molecule has 0 saturated carbocycles. The van der Waals surface area contributed by atoms with E-state index in [9.17, 15) is 4.79 Å². The second kappa shape index (κ2) is 5.67. The van der Waals surface area contributed by atoms with E-state index in [1.165, 1.54) is 25.7 Å². The number of carbonyl (C=O) groups is 1. The maximum atomic E-state index is 12.2. The van der Waals surface area contributed by atoms with Crippen LogP contribution >= 0.6 is 0 Å². The van der Waals surface area contributed by atoms with Crippen molar-refractivity contribution in [3.8, 4) is 0 Å². The summed E-state index contributed by atoms with van der Waals surface area (Å²) in [6.07, 6.45) is 6.09. The van der Waals surface area contributed by atoms with E-state index in [0.29, 0.717) is 5.91 Å². The fraction of sp³-hybridized carbons (Fsp3) is 0.923. The molecule has 1 N–H and O–H groups in total. The van der Waals surface area contributed by atoms with Gasteiger partial charge in [0.05, 0.1) is 5.92 Å². The van der Waals surface area contributed by atoms with Crippen molar-refractivity contribution >= 4 is 5.91 Å². The Morgan fingerprint density at radius 1 is 1.44 bits per heavy atom. The van der Waals surface area contributed by atoms with Gasteiger partial charge in [0.15, 0.2) is 0 Å². The number of nitrogens with zero attached hydrogens (tertiary/aromatic N) is 1. The van der Waals surface area contributed by atoms with Crippen molar-refractivity contribution in [2.75, 3.05) is 26.2 Å². The zero-order valence-corrected chi connectivity index (χ0v) is 10.4. The van der Waals surface area contributed by atoms with Crippen LogP contribution in [-0.2, 0) is 4.79 Å². The Hall–Kier alpha value is -0.570. The maximum Gasteiger partial charge on any atom is 0.227 e. The summed E-state index contributed by atoms with van der Waals surface area (Å²) in [6.45, 7) is 6.16. The van der Waals surface area contributed by atoms with Crippen molar-refractivity contribution in [3.05, 3.63) is 0 Å². The van der Waals surface area contributed by atoms with Gasteiger partial charge in [0, 0.05) is 19.6 Å². The minimum absolute atomic E-state index is 0.264. The van der Waals surface area contributed by atoms with Crippen LogP contribution in [0.15, 0.2) is 0 Å². The molecule has 2 aliphatic rings. The Bertz CT molecular complexity index is 234. The lowest BCUT2D eigenvalue weighted by molar-refractivity contribution is -0.136. The van der Waals surface area contributed by atoms with Crippen LogP contribution in [0.1, 0.15) is 39.0 Å². The number of hydrogen-bond donors (Lipinski definition) is 1. The summed E-state index contributed by atoms with van der Waals surface area (Å²) in [4.78, 5) is 14.4. The van der Waals surface area contributed by atoms with Crippen molar-refractivity contribution in [2.45, 2.75) is 39.0 Å². The fourth-order valence-electron chi connectivity index (χ4n) is 3.03. The van der Waals surface area contributed by atoms with Gasteiger partial charge in [-0.2, -0.15) is 0 Å². The summed E-state index contributed by atoms with van der Waals surface area (Å²) < 4.78 is 0. The highest BCUT2D eigenvalue weighted by Gasteiger charge is 2.30. The van der Waals surface area contributed by atoms with E-state index in [-0.39, 0.29) is 5.92 Å². The van der Waals surface area contributed by atoms with E-state index in [2.05, 4.69) is 17.1 Å². The molecule has 0 spiro atoms. The summed E-state index contributed by atoms with van der Waals surface area (Å²) in [5, 5.41) is 3.28. The molecule has 0 bridgehead atoms. The van der Waals surface area contributed by atoms with Crippen LogP contribution in [0.5, 0.6) is 0 Å². The normalized spacial score (nSPS) is 30.7. The number of hydrogen-bond acceptors (Lipinski definition) is 2. The average Bonchev–Trinajstić information content (AvgIpc) is 2.82. The Labute approximate surface area is 98.6 Å². The third-order valence-electron chi connectivity index (χ3n) is 3.94. The summed E-state index contributed by atoms with van der Waals surface area (Å²) in [5.41, 5.74) is 0. The lowest BCUT2D eigenvalue weighted by Crippen LogP contribution is -2.43. The standard InChI is InChI=1S/C13H24N2O/c1-2-4-11-5-3-8-15(10-11)13(16)12-6-7-14-9-12/h11-12,14H,2-10H2,1H3. The molecule has 92 valence electrons. The van der Waals surface area contributed by atoms with Gasteiger partial charge in [0.2, 0.25) is 5.91 Å². The molecule has 2 saturated heterocycles. The van der Waals surface area contributed by atoms with Crippen LogP contribution in [0.25, 0.3) is 0 Å². The summed E-state index contributed by atoms with van der Waals surface area (Å²) in [6, 6.07) is 0. The molecule has 16 heavy (non-hydrogen) atoms. The van der Waals surface area contributed by atoms with Gasteiger partial charge in [0.25, 0.3) is 0 Å². The van der Waals surface area contributed by atoms with Crippen LogP contribution in [0, 0.1) is 11.8 Å². The molecular formula is C13H24N2O. The smallest absolute Gasteiger partial charge is 0.227 e. The molecule has 2 fully saturated rings. The van der Waals surface area contributed by atoms with Crippen LogP contribution < -0.4 is 5.32 Å². The molecule has 0 aromatic rings. The molecule has 3 nitrogen and oxygen atoms in total. The summed E-state index contributed by atoms with van der Waals surface area (Å²) >= 11 is 0. The largest absolute Gasteiger partial charge is 0.342 e. The molecule has 2 unspecified atom stereocenters. The monoisotopic (exact) mass is 224 g/mol. The van der Waals surface area contributed by atoms with Crippen molar-refractivity contribution in [3.63, 3.8) is 0 Å². The van der Waals surface area contributed by atoms with E-state index in [0.717, 1.165) is 38.5 Å². The summed E-state index contributed by atoms with van der Waals surface area (Å²) in [5.74, 6) is 1.43. The van der Waals surface area contributed by atoms with Gasteiger partial charge in [-0.1, -0.05) is 13.3 Å². The molecule has 2 heterocycles. The first kappa shape index (κ1) is 11.9. The molecule has 0 aromatic carbocycles. The first-order valence-electron chi connectivity index (χ1n) is 6.80. The van der Waals surface area contributed by atoms with E-state index in [1.54, 1.807) is 0 Å². The number of amides is 1. The van der Waals surface area contributed by atoms with Gasteiger partial charge in [-0.15, -0.1) is 0 Å². The zero-order valence-electron chi connectivity index (χ0n) is 10.4. The highest BCUT2D eigenvalue weighted by Crippen LogP contribution is 2.23. The average molecular weight is 224 g/mol. The zero-order chi connectivity index (χ0) is 11.4. The first-order valence-corrected chi connectivity index (χ1v) is 6.80. The van der Waals surface area contributed by atoms with Gasteiger partial charge in [-0.3, -0.25) is 4.79 Å². The SMILES string of the molecule is CCCC1CCCN(C(=O)C2CCNC2)C1. The van der Waals surface area contributed by atoms with Gasteiger partial charge in [-0.05, 0) is 38.1 Å². The maximum absolute atomic E-state index is 12.2. The van der Waals surface area contributed by atoms with Crippen LogP contribution in [0.3, 0.4) is 0 Å². The number of likely N-dealkylation sites (tertiary alicyclic amines) is 1. The molecule has 0 aliphatic carbocycles. The number of rotatable bonds is 3. The number of piperidine rings is 1. The topological polar surface area (TPSA) is 32.3 Å². The van der Waals surface area contributed by atoms with Gasteiger partial charge in [-0.25, -0.2) is 0 Å². The van der Waals surface area contributed by atoms with E-state index in [4.69, 9.17) is 0 Å². The van der Waals surface area contributed by atoms with Gasteiger partial charge < -0.3 is 10.2 Å². The fourth-order valence-corrected chi connectivity index (χ4v) is 3.03. The third kappa shape index (κ3) is 2.76. The number of carbonyl (C=O) groups excluding carboxylic acids is 1. The minimum atomic E-state index is 0.264. The van der Waals surface area contributed by atoms with E-state index < -0.39 is 0 Å². The molecule has 0 aromatic heterocycles. The third-order valence-corrected chi connectivity index (χ3v) is 3.94. The predicted octanol–water partition coefficient (Wildman–Crippen LogP) is 1.63. The Morgan fingerprint density at radius 2 is 2.31 bits per heavy atom. The van der Waals surface area contributed by atoms with Crippen LogP contribution in [-0.4, -0.2) is 37.0 Å². The highest BCUT2D eigenvalue weighted by molar-refractivity contribution is 5.79. The molecule has 1 amide bonds. The van der Waals surface area contributed by atoms with Gasteiger partial charge >= 0.3 is 0 Å². The Balaban J connectivity index is 1.85. The molecule has 3 heteroatoms. The second-order valence-corrected chi connectivity index (χ2v) is 5.27. The lowest BCUT2D eigenvalue weighted by Gasteiger charge is -2.34. The summed E-state index contributed by atoms with van der Waals surface area (Å²) in [7, 11) is 0. The van der Waals surface area contributed by atoms with Crippen molar-refractivity contribution in [1.82, 2.24) is 10.2 Å². The minimum Gasteiger partial charge on any atom is -0.342 e. The molecule has 0 radical (unpaired) electrons. The predicted molar refractivity (Wildman–Crippen MR) is 65.2 cm³/mol.